The fourth-order valence-corrected chi connectivity index (χ4v) is 8.42. The van der Waals surface area contributed by atoms with Crippen LogP contribution in [0.3, 0.4) is 0 Å². The van der Waals surface area contributed by atoms with Crippen LogP contribution >= 0.6 is 0 Å². The maximum Gasteiger partial charge on any atom is 0.221 e. The number of sulfonamides is 1. The fourth-order valence-electron chi connectivity index (χ4n) is 6.23. The molecule has 0 radical (unpaired) electrons. The van der Waals surface area contributed by atoms with Crippen LogP contribution in [0.2, 0.25) is 0 Å². The number of H-pyrrole nitrogens is 1. The van der Waals surface area contributed by atoms with Gasteiger partial charge in [-0.1, -0.05) is 30.3 Å². The number of rotatable bonds is 7. The smallest absolute Gasteiger partial charge is 0.221 e. The number of nitrogens with one attached hydrogen (secondary N) is 1. The molecule has 3 N–H and O–H groups in total. The van der Waals surface area contributed by atoms with Crippen LogP contribution in [0, 0.1) is 11.6 Å². The summed E-state index contributed by atoms with van der Waals surface area (Å²) in [6, 6.07) is 10.6. The van der Waals surface area contributed by atoms with Crippen molar-refractivity contribution in [2.75, 3.05) is 0 Å². The summed E-state index contributed by atoms with van der Waals surface area (Å²) in [5.74, 6) is -1.13. The van der Waals surface area contributed by atoms with E-state index in [-0.39, 0.29) is 43.0 Å². The van der Waals surface area contributed by atoms with Gasteiger partial charge in [-0.2, -0.15) is 9.40 Å². The maximum atomic E-state index is 15.7. The Kier molecular flexibility index (Phi) is 6.91. The van der Waals surface area contributed by atoms with Crippen molar-refractivity contribution in [1.82, 2.24) is 19.5 Å². The summed E-state index contributed by atoms with van der Waals surface area (Å²) in [6.45, 7) is 3.05. The Balaban J connectivity index is 1.45. The minimum absolute atomic E-state index is 0.0172. The summed E-state index contributed by atoms with van der Waals surface area (Å²) in [7, 11) is -3.83. The molecule has 8 nitrogen and oxygen atoms in total. The molecule has 2 heterocycles. The Hall–Kier alpha value is -2.73. The number of benzene rings is 2. The van der Waals surface area contributed by atoms with Gasteiger partial charge in [0.05, 0.1) is 11.7 Å². The van der Waals surface area contributed by atoms with Crippen molar-refractivity contribution in [2.24, 2.45) is 0 Å². The molecule has 3 aromatic rings. The number of nitrogens with zero attached hydrogens (tertiary/aromatic N) is 3. The normalized spacial score (nSPS) is 30.1. The third kappa shape index (κ3) is 4.76. The largest absolute Gasteiger partial charge is 0.392 e. The van der Waals surface area contributed by atoms with Crippen molar-refractivity contribution in [2.45, 2.75) is 80.9 Å². The molecule has 1 aliphatic carbocycles. The van der Waals surface area contributed by atoms with Gasteiger partial charge in [0.25, 0.3) is 0 Å². The molecule has 2 aromatic carbocycles. The molecule has 1 saturated heterocycles. The molecule has 1 saturated carbocycles. The van der Waals surface area contributed by atoms with E-state index in [0.717, 1.165) is 12.1 Å². The predicted molar refractivity (Wildman–Crippen MR) is 136 cm³/mol. The van der Waals surface area contributed by atoms with Crippen molar-refractivity contribution in [3.05, 3.63) is 82.9 Å². The first-order valence-electron chi connectivity index (χ1n) is 12.7. The van der Waals surface area contributed by atoms with Crippen LogP contribution in [0.4, 0.5) is 8.78 Å². The summed E-state index contributed by atoms with van der Waals surface area (Å²) >= 11 is 0. The first-order valence-corrected chi connectivity index (χ1v) is 14.2. The van der Waals surface area contributed by atoms with E-state index in [1.165, 1.54) is 10.6 Å². The van der Waals surface area contributed by atoms with Gasteiger partial charge in [-0.15, -0.1) is 0 Å². The average molecular weight is 547 g/mol. The molecule has 11 heteroatoms. The third-order valence-electron chi connectivity index (χ3n) is 8.08. The Morgan fingerprint density at radius 1 is 1.16 bits per heavy atom. The van der Waals surface area contributed by atoms with Gasteiger partial charge in [0.15, 0.2) is 0 Å². The van der Waals surface area contributed by atoms with Gasteiger partial charge in [-0.05, 0) is 62.8 Å². The summed E-state index contributed by atoms with van der Waals surface area (Å²) in [4.78, 5) is 4.01. The van der Waals surface area contributed by atoms with Crippen LogP contribution in [0.5, 0.6) is 0 Å². The Labute approximate surface area is 220 Å². The molecule has 0 bridgehead atoms. The van der Waals surface area contributed by atoms with E-state index >= 15 is 8.78 Å². The highest BCUT2D eigenvalue weighted by Gasteiger charge is 2.57. The van der Waals surface area contributed by atoms with E-state index in [2.05, 4.69) is 15.2 Å². The van der Waals surface area contributed by atoms with E-state index in [9.17, 15) is 18.6 Å². The second kappa shape index (κ2) is 9.78. The summed E-state index contributed by atoms with van der Waals surface area (Å²) in [5, 5.41) is 27.2. The van der Waals surface area contributed by atoms with Gasteiger partial charge >= 0.3 is 0 Å². The standard InChI is InChI=1S/C27H32F2N4O4S/c1-17-8-9-23(18-6-4-3-5-7-18)38(36,37)33(17)13-19-10-22(29)20(11-21(19)28)27(14-26(2,35)15-27)24(34)12-25-30-16-31-32-25/h3-7,10-11,16-17,23-24,34-35H,8-9,12-15H2,1-2H3,(H,30,31,32)/t17-,23?,24+,26?,27?/m0/s1. The first-order chi connectivity index (χ1) is 17.9. The van der Waals surface area contributed by atoms with E-state index in [1.54, 1.807) is 38.1 Å². The lowest BCUT2D eigenvalue weighted by Gasteiger charge is -2.54. The molecule has 0 amide bonds. The monoisotopic (exact) mass is 546 g/mol. The molecule has 204 valence electrons. The quantitative estimate of drug-likeness (QED) is 0.417. The number of halogens is 2. The van der Waals surface area contributed by atoms with Gasteiger partial charge in [-0.25, -0.2) is 22.2 Å². The second-order valence-corrected chi connectivity index (χ2v) is 13.1. The van der Waals surface area contributed by atoms with Gasteiger partial charge in [-0.3, -0.25) is 5.10 Å². The molecule has 2 fully saturated rings. The highest BCUT2D eigenvalue weighted by atomic mass is 32.2. The molecule has 3 atom stereocenters. The van der Waals surface area contributed by atoms with E-state index < -0.39 is 44.0 Å². The number of hydrogen-bond acceptors (Lipinski definition) is 6. The SMILES string of the molecule is C[C@H]1CCC(c2ccccc2)S(=O)(=O)N1Cc1cc(F)c(C2([C@H](O)Cc3ncn[nH]3)CC(C)(O)C2)cc1F. The first kappa shape index (κ1) is 26.9. The minimum atomic E-state index is -3.83. The highest BCUT2D eigenvalue weighted by molar-refractivity contribution is 7.89. The Morgan fingerprint density at radius 2 is 1.87 bits per heavy atom. The topological polar surface area (TPSA) is 119 Å². The van der Waals surface area contributed by atoms with Gasteiger partial charge in [0.2, 0.25) is 10.0 Å². The van der Waals surface area contributed by atoms with Crippen LogP contribution < -0.4 is 0 Å². The van der Waals surface area contributed by atoms with Gasteiger partial charge < -0.3 is 10.2 Å². The zero-order valence-corrected chi connectivity index (χ0v) is 22.1. The van der Waals surface area contributed by atoms with Crippen molar-refractivity contribution in [3.8, 4) is 0 Å². The van der Waals surface area contributed by atoms with E-state index in [4.69, 9.17) is 0 Å². The van der Waals surface area contributed by atoms with Crippen LogP contribution in [0.25, 0.3) is 0 Å². The maximum absolute atomic E-state index is 15.7. The Morgan fingerprint density at radius 3 is 2.50 bits per heavy atom. The van der Waals surface area contributed by atoms with E-state index in [0.29, 0.717) is 24.2 Å². The molecule has 1 aromatic heterocycles. The molecule has 1 unspecified atom stereocenters. The lowest BCUT2D eigenvalue weighted by molar-refractivity contribution is -0.122. The zero-order valence-electron chi connectivity index (χ0n) is 21.3. The molecular weight excluding hydrogens is 514 g/mol. The predicted octanol–water partition coefficient (Wildman–Crippen LogP) is 3.52. The lowest BCUT2D eigenvalue weighted by Crippen LogP contribution is -2.59. The van der Waals surface area contributed by atoms with Crippen LogP contribution in [-0.4, -0.2) is 55.9 Å². The van der Waals surface area contributed by atoms with Crippen molar-refractivity contribution >= 4 is 10.0 Å². The molecule has 38 heavy (non-hydrogen) atoms. The van der Waals surface area contributed by atoms with Crippen molar-refractivity contribution < 1.29 is 27.4 Å². The molecule has 0 spiro atoms. The van der Waals surface area contributed by atoms with Crippen molar-refractivity contribution in [3.63, 3.8) is 0 Å². The van der Waals surface area contributed by atoms with Crippen LogP contribution in [-0.2, 0) is 28.4 Å². The highest BCUT2D eigenvalue weighted by Crippen LogP contribution is 2.54. The minimum Gasteiger partial charge on any atom is -0.392 e. The third-order valence-corrected chi connectivity index (χ3v) is 10.4. The molecule has 2 aliphatic rings. The summed E-state index contributed by atoms with van der Waals surface area (Å²) in [6.07, 6.45) is 1.24. The number of aliphatic hydroxyl groups is 2. The summed E-state index contributed by atoms with van der Waals surface area (Å²) in [5.41, 5.74) is -1.84. The lowest BCUT2D eigenvalue weighted by atomic mass is 9.53. The van der Waals surface area contributed by atoms with Crippen LogP contribution in [0.15, 0.2) is 48.8 Å². The average Bonchev–Trinajstić information content (AvgIpc) is 3.35. The van der Waals surface area contributed by atoms with Gasteiger partial charge in [0, 0.05) is 30.0 Å². The number of hydrogen-bond donors (Lipinski definition) is 3. The second-order valence-electron chi connectivity index (χ2n) is 11.0. The number of aromatic amines is 1. The number of aromatic nitrogens is 3. The summed E-state index contributed by atoms with van der Waals surface area (Å²) < 4.78 is 59.6. The fraction of sp³-hybridized carbons (Fsp3) is 0.481. The van der Waals surface area contributed by atoms with E-state index in [1.807, 2.05) is 6.07 Å². The molecule has 1 aliphatic heterocycles. The molecule has 5 rings (SSSR count). The number of aliphatic hydroxyl groups excluding tert-OH is 1. The zero-order chi connectivity index (χ0) is 27.3. The Bertz CT molecular complexity index is 1390. The van der Waals surface area contributed by atoms with Crippen molar-refractivity contribution in [1.29, 1.82) is 0 Å². The molecular formula is C27H32F2N4O4S. The van der Waals surface area contributed by atoms with Crippen LogP contribution in [0.1, 0.15) is 67.3 Å². The van der Waals surface area contributed by atoms with Gasteiger partial charge in [0.1, 0.15) is 29.0 Å².